The van der Waals surface area contributed by atoms with Crippen molar-refractivity contribution in [1.82, 2.24) is 10.2 Å². The molecule has 0 unspecified atom stereocenters. The second-order valence-electron chi connectivity index (χ2n) is 3.97. The summed E-state index contributed by atoms with van der Waals surface area (Å²) < 4.78 is 0. The molecule has 1 aliphatic rings. The van der Waals surface area contributed by atoms with Crippen LogP contribution in [0.5, 0.6) is 0 Å². The maximum atomic E-state index is 11.0. The van der Waals surface area contributed by atoms with E-state index < -0.39 is 6.09 Å². The molecule has 0 bridgehead atoms. The number of carboxylic acid groups (broad SMARTS) is 1. The van der Waals surface area contributed by atoms with Crippen LogP contribution in [0.25, 0.3) is 0 Å². The standard InChI is InChI=1S/C10H18N2O3/c1-8(13)12-6-3-9(4-7-12)2-5-11-10(14)15/h9,11H,2-7H2,1H3,(H,14,15). The lowest BCUT2D eigenvalue weighted by atomic mass is 9.93. The van der Waals surface area contributed by atoms with Gasteiger partial charge in [0, 0.05) is 26.6 Å². The number of amides is 2. The van der Waals surface area contributed by atoms with Gasteiger partial charge in [-0.15, -0.1) is 0 Å². The molecule has 0 saturated carbocycles. The lowest BCUT2D eigenvalue weighted by Crippen LogP contribution is -2.37. The van der Waals surface area contributed by atoms with E-state index >= 15 is 0 Å². The van der Waals surface area contributed by atoms with Crippen molar-refractivity contribution in [3.63, 3.8) is 0 Å². The van der Waals surface area contributed by atoms with Crippen LogP contribution in [0.1, 0.15) is 26.2 Å². The number of carbonyl (C=O) groups excluding carboxylic acids is 1. The van der Waals surface area contributed by atoms with E-state index in [1.807, 2.05) is 4.90 Å². The number of nitrogens with zero attached hydrogens (tertiary/aromatic N) is 1. The molecule has 5 nitrogen and oxygen atoms in total. The average molecular weight is 214 g/mol. The van der Waals surface area contributed by atoms with Gasteiger partial charge in [0.25, 0.3) is 0 Å². The van der Waals surface area contributed by atoms with Crippen molar-refractivity contribution < 1.29 is 14.7 Å². The molecule has 0 aromatic rings. The van der Waals surface area contributed by atoms with Crippen LogP contribution in [0.3, 0.4) is 0 Å². The van der Waals surface area contributed by atoms with Crippen LogP contribution < -0.4 is 5.32 Å². The predicted octanol–water partition coefficient (Wildman–Crippen LogP) is 0.903. The molecule has 0 radical (unpaired) electrons. The van der Waals surface area contributed by atoms with Crippen LogP contribution in [-0.4, -0.2) is 41.6 Å². The summed E-state index contributed by atoms with van der Waals surface area (Å²) in [5, 5.41) is 10.8. The van der Waals surface area contributed by atoms with Crippen molar-refractivity contribution in [2.75, 3.05) is 19.6 Å². The summed E-state index contributed by atoms with van der Waals surface area (Å²) in [6.07, 6.45) is 1.89. The lowest BCUT2D eigenvalue weighted by molar-refractivity contribution is -0.130. The van der Waals surface area contributed by atoms with Gasteiger partial charge in [0.15, 0.2) is 0 Å². The Morgan fingerprint density at radius 3 is 2.47 bits per heavy atom. The third kappa shape index (κ3) is 4.18. The zero-order chi connectivity index (χ0) is 11.3. The van der Waals surface area contributed by atoms with Crippen molar-refractivity contribution in [2.24, 2.45) is 5.92 Å². The van der Waals surface area contributed by atoms with Gasteiger partial charge < -0.3 is 15.3 Å². The summed E-state index contributed by atoms with van der Waals surface area (Å²) in [5.74, 6) is 0.685. The van der Waals surface area contributed by atoms with Crippen molar-refractivity contribution in [1.29, 1.82) is 0 Å². The number of hydrogen-bond acceptors (Lipinski definition) is 2. The van der Waals surface area contributed by atoms with Gasteiger partial charge in [0.1, 0.15) is 0 Å². The maximum Gasteiger partial charge on any atom is 0.404 e. The average Bonchev–Trinajstić information content (AvgIpc) is 2.18. The van der Waals surface area contributed by atoms with E-state index in [0.717, 1.165) is 32.4 Å². The highest BCUT2D eigenvalue weighted by Gasteiger charge is 2.20. The Balaban J connectivity index is 2.14. The Morgan fingerprint density at radius 2 is 2.00 bits per heavy atom. The van der Waals surface area contributed by atoms with Gasteiger partial charge in [-0.3, -0.25) is 4.79 Å². The fourth-order valence-electron chi connectivity index (χ4n) is 1.92. The fourth-order valence-corrected chi connectivity index (χ4v) is 1.92. The van der Waals surface area contributed by atoms with Crippen LogP contribution in [-0.2, 0) is 4.79 Å². The van der Waals surface area contributed by atoms with Gasteiger partial charge in [-0.1, -0.05) is 0 Å². The highest BCUT2D eigenvalue weighted by molar-refractivity contribution is 5.73. The molecule has 2 amide bonds. The normalized spacial score (nSPS) is 17.5. The van der Waals surface area contributed by atoms with E-state index in [1.165, 1.54) is 0 Å². The molecule has 15 heavy (non-hydrogen) atoms. The third-order valence-electron chi connectivity index (χ3n) is 2.89. The van der Waals surface area contributed by atoms with E-state index in [0.29, 0.717) is 12.5 Å². The van der Waals surface area contributed by atoms with Gasteiger partial charge >= 0.3 is 6.09 Å². The summed E-state index contributed by atoms with van der Waals surface area (Å²) in [6.45, 7) is 3.73. The Morgan fingerprint density at radius 1 is 1.40 bits per heavy atom. The molecule has 0 spiro atoms. The molecule has 1 heterocycles. The molecule has 0 atom stereocenters. The molecule has 1 fully saturated rings. The molecular formula is C10H18N2O3. The predicted molar refractivity (Wildman–Crippen MR) is 55.6 cm³/mol. The van der Waals surface area contributed by atoms with Crippen LogP contribution in [0.2, 0.25) is 0 Å². The summed E-state index contributed by atoms with van der Waals surface area (Å²) in [4.78, 5) is 23.1. The number of hydrogen-bond donors (Lipinski definition) is 2. The van der Waals surface area contributed by atoms with Gasteiger partial charge in [0.05, 0.1) is 0 Å². The molecular weight excluding hydrogens is 196 g/mol. The zero-order valence-corrected chi connectivity index (χ0v) is 9.03. The Bertz CT molecular complexity index is 232. The highest BCUT2D eigenvalue weighted by atomic mass is 16.4. The summed E-state index contributed by atoms with van der Waals surface area (Å²) >= 11 is 0. The van der Waals surface area contributed by atoms with Crippen LogP contribution in [0.4, 0.5) is 4.79 Å². The van der Waals surface area contributed by atoms with Crippen LogP contribution >= 0.6 is 0 Å². The first-order valence-electron chi connectivity index (χ1n) is 5.32. The summed E-state index contributed by atoms with van der Waals surface area (Å²) in [5.41, 5.74) is 0. The van der Waals surface area contributed by atoms with Crippen molar-refractivity contribution in [3.05, 3.63) is 0 Å². The molecule has 0 aromatic heterocycles. The topological polar surface area (TPSA) is 69.6 Å². The van der Waals surface area contributed by atoms with Crippen molar-refractivity contribution in [2.45, 2.75) is 26.2 Å². The van der Waals surface area contributed by atoms with Gasteiger partial charge in [-0.2, -0.15) is 0 Å². The quantitative estimate of drug-likeness (QED) is 0.733. The van der Waals surface area contributed by atoms with Gasteiger partial charge in [-0.05, 0) is 25.2 Å². The van der Waals surface area contributed by atoms with Gasteiger partial charge in [-0.25, -0.2) is 4.79 Å². The monoisotopic (exact) mass is 214 g/mol. The second-order valence-corrected chi connectivity index (χ2v) is 3.97. The molecule has 2 N–H and O–H groups in total. The van der Waals surface area contributed by atoms with E-state index in [2.05, 4.69) is 5.32 Å². The Hall–Kier alpha value is -1.26. The fraction of sp³-hybridized carbons (Fsp3) is 0.800. The molecule has 5 heteroatoms. The first-order valence-corrected chi connectivity index (χ1v) is 5.32. The minimum absolute atomic E-state index is 0.136. The number of piperidine rings is 1. The molecule has 86 valence electrons. The van der Waals surface area contributed by atoms with E-state index in [4.69, 9.17) is 5.11 Å². The van der Waals surface area contributed by atoms with Crippen molar-refractivity contribution >= 4 is 12.0 Å². The number of likely N-dealkylation sites (tertiary alicyclic amines) is 1. The van der Waals surface area contributed by atoms with Gasteiger partial charge in [0.2, 0.25) is 5.91 Å². The number of nitrogens with one attached hydrogen (secondary N) is 1. The Kier molecular flexibility index (Phi) is 4.39. The second kappa shape index (κ2) is 5.58. The Labute approximate surface area is 89.4 Å². The van der Waals surface area contributed by atoms with E-state index in [9.17, 15) is 9.59 Å². The van der Waals surface area contributed by atoms with Crippen LogP contribution in [0, 0.1) is 5.92 Å². The maximum absolute atomic E-state index is 11.0. The smallest absolute Gasteiger partial charge is 0.404 e. The number of carbonyl (C=O) groups is 2. The first kappa shape index (κ1) is 11.8. The SMILES string of the molecule is CC(=O)N1CCC(CCNC(=O)O)CC1. The van der Waals surface area contributed by atoms with Crippen LogP contribution in [0.15, 0.2) is 0 Å². The summed E-state index contributed by atoms with van der Waals surface area (Å²) in [6, 6.07) is 0. The van der Waals surface area contributed by atoms with E-state index in [-0.39, 0.29) is 5.91 Å². The minimum atomic E-state index is -0.962. The highest BCUT2D eigenvalue weighted by Crippen LogP contribution is 2.19. The third-order valence-corrected chi connectivity index (χ3v) is 2.89. The first-order chi connectivity index (χ1) is 7.09. The minimum Gasteiger partial charge on any atom is -0.465 e. The molecule has 1 saturated heterocycles. The summed E-state index contributed by atoms with van der Waals surface area (Å²) in [7, 11) is 0. The zero-order valence-electron chi connectivity index (χ0n) is 9.03. The van der Waals surface area contributed by atoms with Crippen molar-refractivity contribution in [3.8, 4) is 0 Å². The largest absolute Gasteiger partial charge is 0.465 e. The number of rotatable bonds is 3. The lowest BCUT2D eigenvalue weighted by Gasteiger charge is -2.31. The molecule has 1 rings (SSSR count). The molecule has 1 aliphatic heterocycles. The van der Waals surface area contributed by atoms with E-state index in [1.54, 1.807) is 6.92 Å². The molecule has 0 aliphatic carbocycles. The molecule has 0 aromatic carbocycles.